The Morgan fingerprint density at radius 2 is 1.78 bits per heavy atom. The molecule has 0 saturated carbocycles. The third-order valence-corrected chi connectivity index (χ3v) is 4.37. The lowest BCUT2D eigenvalue weighted by molar-refractivity contribution is 0.0827. The van der Waals surface area contributed by atoms with Crippen LogP contribution in [0.4, 0.5) is 5.69 Å². The van der Waals surface area contributed by atoms with Crippen LogP contribution in [0.2, 0.25) is 5.02 Å². The fourth-order valence-corrected chi connectivity index (χ4v) is 2.73. The van der Waals surface area contributed by atoms with Crippen molar-refractivity contribution >= 4 is 23.2 Å². The lowest BCUT2D eigenvalue weighted by atomic mass is 10.1. The number of aromatic nitrogens is 2. The Morgan fingerprint density at radius 3 is 2.41 bits per heavy atom. The molecule has 3 aromatic rings. The third kappa shape index (κ3) is 4.17. The number of halogens is 1. The van der Waals surface area contributed by atoms with E-state index < -0.39 is 0 Å². The van der Waals surface area contributed by atoms with Crippen LogP contribution in [0.5, 0.6) is 0 Å². The van der Waals surface area contributed by atoms with Crippen LogP contribution in [0.25, 0.3) is 5.69 Å². The number of anilines is 1. The van der Waals surface area contributed by atoms with E-state index in [-0.39, 0.29) is 16.5 Å². The van der Waals surface area contributed by atoms with Crippen molar-refractivity contribution in [3.05, 3.63) is 87.3 Å². The minimum Gasteiger partial charge on any atom is -0.378 e. The van der Waals surface area contributed by atoms with Crippen LogP contribution in [0.3, 0.4) is 0 Å². The SMILES string of the molecule is CN(C)C(=O)c1ccc(CNc2cnn(-c3ccccc3)c(=O)c2Cl)cc1. The van der Waals surface area contributed by atoms with E-state index in [1.165, 1.54) is 15.8 Å². The van der Waals surface area contributed by atoms with Crippen molar-refractivity contribution in [1.29, 1.82) is 0 Å². The summed E-state index contributed by atoms with van der Waals surface area (Å²) in [5.74, 6) is -0.0497. The number of nitrogens with zero attached hydrogens (tertiary/aromatic N) is 3. The molecule has 1 N–H and O–H groups in total. The number of benzene rings is 2. The predicted octanol–water partition coefficient (Wildman–Crippen LogP) is 3.20. The Labute approximate surface area is 162 Å². The second-order valence-corrected chi connectivity index (χ2v) is 6.55. The van der Waals surface area contributed by atoms with Gasteiger partial charge >= 0.3 is 0 Å². The number of hydrogen-bond acceptors (Lipinski definition) is 4. The molecule has 0 aliphatic rings. The molecular formula is C20H19ClN4O2. The summed E-state index contributed by atoms with van der Waals surface area (Å²) < 4.78 is 1.26. The molecule has 0 fully saturated rings. The van der Waals surface area contributed by atoms with Crippen LogP contribution in [-0.2, 0) is 6.54 Å². The van der Waals surface area contributed by atoms with Crippen LogP contribution in [-0.4, -0.2) is 34.7 Å². The zero-order chi connectivity index (χ0) is 19.4. The zero-order valence-corrected chi connectivity index (χ0v) is 15.8. The van der Waals surface area contributed by atoms with E-state index in [9.17, 15) is 9.59 Å². The Bertz CT molecular complexity index is 999. The van der Waals surface area contributed by atoms with Crippen LogP contribution in [0, 0.1) is 0 Å². The molecule has 0 unspecified atom stereocenters. The fourth-order valence-electron chi connectivity index (χ4n) is 2.53. The number of carbonyl (C=O) groups is 1. The standard InChI is InChI=1S/C20H19ClN4O2/c1-24(2)19(26)15-10-8-14(9-11-15)12-22-17-13-23-25(20(27)18(17)21)16-6-4-3-5-7-16/h3-11,13,22H,12H2,1-2H3. The molecule has 0 saturated heterocycles. The van der Waals surface area contributed by atoms with E-state index in [1.807, 2.05) is 30.3 Å². The first kappa shape index (κ1) is 18.7. The van der Waals surface area contributed by atoms with E-state index in [2.05, 4.69) is 10.4 Å². The van der Waals surface area contributed by atoms with Gasteiger partial charge in [-0.2, -0.15) is 9.78 Å². The van der Waals surface area contributed by atoms with Crippen LogP contribution in [0.1, 0.15) is 15.9 Å². The number of hydrogen-bond donors (Lipinski definition) is 1. The van der Waals surface area contributed by atoms with Gasteiger partial charge in [0.25, 0.3) is 11.5 Å². The summed E-state index contributed by atoms with van der Waals surface area (Å²) in [6.07, 6.45) is 1.53. The van der Waals surface area contributed by atoms with Crippen LogP contribution < -0.4 is 10.9 Å². The first-order chi connectivity index (χ1) is 13.0. The molecule has 7 heteroatoms. The second-order valence-electron chi connectivity index (χ2n) is 6.17. The largest absolute Gasteiger partial charge is 0.378 e. The minimum absolute atomic E-state index is 0.0497. The van der Waals surface area contributed by atoms with Gasteiger partial charge in [0.05, 0.1) is 17.6 Å². The molecule has 27 heavy (non-hydrogen) atoms. The summed E-state index contributed by atoms with van der Waals surface area (Å²) in [5.41, 5.74) is 2.29. The Hall–Kier alpha value is -3.12. The highest BCUT2D eigenvalue weighted by Gasteiger charge is 2.11. The van der Waals surface area contributed by atoms with Gasteiger partial charge in [0.15, 0.2) is 0 Å². The van der Waals surface area contributed by atoms with Crippen molar-refractivity contribution in [3.63, 3.8) is 0 Å². The molecular weight excluding hydrogens is 364 g/mol. The maximum Gasteiger partial charge on any atom is 0.292 e. The van der Waals surface area contributed by atoms with Gasteiger partial charge in [0.1, 0.15) is 5.02 Å². The smallest absolute Gasteiger partial charge is 0.292 e. The summed E-state index contributed by atoms with van der Waals surface area (Å²) in [7, 11) is 3.43. The molecule has 1 amide bonds. The molecule has 0 bridgehead atoms. The number of carbonyl (C=O) groups excluding carboxylic acids is 1. The van der Waals surface area contributed by atoms with E-state index in [0.29, 0.717) is 23.5 Å². The zero-order valence-electron chi connectivity index (χ0n) is 15.0. The van der Waals surface area contributed by atoms with Gasteiger partial charge in [-0.15, -0.1) is 0 Å². The van der Waals surface area contributed by atoms with Crippen molar-refractivity contribution in [3.8, 4) is 5.69 Å². The maximum absolute atomic E-state index is 12.5. The normalized spacial score (nSPS) is 10.5. The van der Waals surface area contributed by atoms with Crippen LogP contribution in [0.15, 0.2) is 65.6 Å². The van der Waals surface area contributed by atoms with Gasteiger partial charge in [0, 0.05) is 26.2 Å². The lowest BCUT2D eigenvalue weighted by Gasteiger charge is -2.12. The van der Waals surface area contributed by atoms with Crippen molar-refractivity contribution in [2.45, 2.75) is 6.54 Å². The number of para-hydroxylation sites is 1. The Morgan fingerprint density at radius 1 is 1.11 bits per heavy atom. The Balaban J connectivity index is 1.74. The van der Waals surface area contributed by atoms with Gasteiger partial charge in [-0.3, -0.25) is 9.59 Å². The van der Waals surface area contributed by atoms with Gasteiger partial charge < -0.3 is 10.2 Å². The average molecular weight is 383 g/mol. The third-order valence-electron chi connectivity index (χ3n) is 4.01. The van der Waals surface area contributed by atoms with E-state index in [0.717, 1.165) is 5.56 Å². The molecule has 2 aromatic carbocycles. The van der Waals surface area contributed by atoms with Gasteiger partial charge in [-0.05, 0) is 29.8 Å². The van der Waals surface area contributed by atoms with Crippen molar-refractivity contribution in [1.82, 2.24) is 14.7 Å². The number of amides is 1. The molecule has 0 aliphatic heterocycles. The molecule has 3 rings (SSSR count). The molecule has 1 aromatic heterocycles. The van der Waals surface area contributed by atoms with Crippen LogP contribution >= 0.6 is 11.6 Å². The quantitative estimate of drug-likeness (QED) is 0.735. The Kier molecular flexibility index (Phi) is 5.57. The number of rotatable bonds is 5. The highest BCUT2D eigenvalue weighted by Crippen LogP contribution is 2.18. The molecule has 0 radical (unpaired) electrons. The monoisotopic (exact) mass is 382 g/mol. The second kappa shape index (κ2) is 8.05. The summed E-state index contributed by atoms with van der Waals surface area (Å²) in [4.78, 5) is 25.9. The van der Waals surface area contributed by atoms with E-state index in [1.54, 1.807) is 38.4 Å². The summed E-state index contributed by atoms with van der Waals surface area (Å²) >= 11 is 6.23. The van der Waals surface area contributed by atoms with Crippen molar-refractivity contribution in [2.75, 3.05) is 19.4 Å². The molecule has 1 heterocycles. The minimum atomic E-state index is -0.389. The lowest BCUT2D eigenvalue weighted by Crippen LogP contribution is -2.22. The maximum atomic E-state index is 12.5. The first-order valence-electron chi connectivity index (χ1n) is 8.35. The molecule has 6 nitrogen and oxygen atoms in total. The topological polar surface area (TPSA) is 67.2 Å². The highest BCUT2D eigenvalue weighted by atomic mass is 35.5. The fraction of sp³-hybridized carbons (Fsp3) is 0.150. The van der Waals surface area contributed by atoms with Crippen molar-refractivity contribution in [2.24, 2.45) is 0 Å². The molecule has 0 spiro atoms. The number of nitrogens with one attached hydrogen (secondary N) is 1. The summed E-state index contributed by atoms with van der Waals surface area (Å²) in [6.45, 7) is 0.451. The summed E-state index contributed by atoms with van der Waals surface area (Å²) in [6, 6.07) is 16.3. The summed E-state index contributed by atoms with van der Waals surface area (Å²) in [5, 5.41) is 7.38. The molecule has 0 atom stereocenters. The van der Waals surface area contributed by atoms with Gasteiger partial charge in [-0.1, -0.05) is 41.9 Å². The molecule has 138 valence electrons. The van der Waals surface area contributed by atoms with Crippen molar-refractivity contribution < 1.29 is 4.79 Å². The van der Waals surface area contributed by atoms with E-state index >= 15 is 0 Å². The molecule has 0 aliphatic carbocycles. The predicted molar refractivity (Wildman–Crippen MR) is 107 cm³/mol. The van der Waals surface area contributed by atoms with E-state index in [4.69, 9.17) is 11.6 Å². The van der Waals surface area contributed by atoms with Gasteiger partial charge in [0.2, 0.25) is 0 Å². The first-order valence-corrected chi connectivity index (χ1v) is 8.73. The average Bonchev–Trinajstić information content (AvgIpc) is 2.69. The highest BCUT2D eigenvalue weighted by molar-refractivity contribution is 6.32. The van der Waals surface area contributed by atoms with Gasteiger partial charge in [-0.25, -0.2) is 0 Å².